The van der Waals surface area contributed by atoms with E-state index >= 15 is 0 Å². The number of anilines is 1. The molecule has 0 atom stereocenters. The Morgan fingerprint density at radius 2 is 1.72 bits per heavy atom. The number of carbonyl (C=O) groups is 1. The Labute approximate surface area is 168 Å². The van der Waals surface area contributed by atoms with Crippen LogP contribution in [0.5, 0.6) is 0 Å². The van der Waals surface area contributed by atoms with Crippen LogP contribution in [0.3, 0.4) is 0 Å². The predicted octanol–water partition coefficient (Wildman–Crippen LogP) is 3.49. The quantitative estimate of drug-likeness (QED) is 0.568. The van der Waals surface area contributed by atoms with Crippen molar-refractivity contribution in [1.29, 1.82) is 0 Å². The van der Waals surface area contributed by atoms with E-state index in [0.717, 1.165) is 33.6 Å². The second-order valence-electron chi connectivity index (χ2n) is 6.49. The van der Waals surface area contributed by atoms with Gasteiger partial charge in [0.15, 0.2) is 0 Å². The van der Waals surface area contributed by atoms with Crippen LogP contribution >= 0.6 is 0 Å². The molecule has 7 heteroatoms. The molecule has 0 aliphatic carbocycles. The molecule has 0 aliphatic heterocycles. The Morgan fingerprint density at radius 3 is 2.41 bits per heavy atom. The smallest absolute Gasteiger partial charge is 0.230 e. The largest absolute Gasteiger partial charge is 0.310 e. The highest BCUT2D eigenvalue weighted by atomic mass is 16.1. The summed E-state index contributed by atoms with van der Waals surface area (Å²) in [7, 11) is 0. The first-order valence-electron chi connectivity index (χ1n) is 9.07. The van der Waals surface area contributed by atoms with Gasteiger partial charge in [0.1, 0.15) is 5.82 Å². The lowest BCUT2D eigenvalue weighted by Crippen LogP contribution is -2.15. The average molecular weight is 382 g/mol. The summed E-state index contributed by atoms with van der Waals surface area (Å²) < 4.78 is 0. The van der Waals surface area contributed by atoms with Gasteiger partial charge in [0.2, 0.25) is 5.91 Å². The molecule has 1 amide bonds. The van der Waals surface area contributed by atoms with Crippen LogP contribution in [0.4, 0.5) is 5.82 Å². The van der Waals surface area contributed by atoms with Crippen LogP contribution in [0.2, 0.25) is 0 Å². The van der Waals surface area contributed by atoms with Crippen molar-refractivity contribution in [2.24, 2.45) is 0 Å². The Kier molecular flexibility index (Phi) is 5.29. The first kappa shape index (κ1) is 18.4. The van der Waals surface area contributed by atoms with Crippen molar-refractivity contribution in [3.05, 3.63) is 84.8 Å². The van der Waals surface area contributed by atoms with Crippen molar-refractivity contribution in [1.82, 2.24) is 24.9 Å². The standard InChI is InChI=1S/C22H18N6O/c1-15-10-16(12-27-22(15)17-4-6-23-7-5-17)11-21(29)28-20-3-2-18(13-26-20)19-14-24-8-9-25-19/h2-10,12-14H,11H2,1H3,(H,26,28,29). The summed E-state index contributed by atoms with van der Waals surface area (Å²) in [6.07, 6.45) is 12.0. The highest BCUT2D eigenvalue weighted by molar-refractivity contribution is 5.91. The zero-order chi connectivity index (χ0) is 20.1. The van der Waals surface area contributed by atoms with Crippen LogP contribution in [-0.4, -0.2) is 30.8 Å². The number of nitrogens with zero attached hydrogens (tertiary/aromatic N) is 5. The van der Waals surface area contributed by atoms with Crippen LogP contribution in [0.1, 0.15) is 11.1 Å². The molecule has 0 radical (unpaired) electrons. The number of rotatable bonds is 5. The van der Waals surface area contributed by atoms with Gasteiger partial charge >= 0.3 is 0 Å². The molecule has 0 spiro atoms. The molecule has 4 heterocycles. The molecule has 29 heavy (non-hydrogen) atoms. The van der Waals surface area contributed by atoms with Crippen LogP contribution in [0.15, 0.2) is 73.7 Å². The molecule has 0 bridgehead atoms. The molecule has 142 valence electrons. The third-order valence-electron chi connectivity index (χ3n) is 4.34. The van der Waals surface area contributed by atoms with Crippen LogP contribution in [0.25, 0.3) is 22.5 Å². The van der Waals surface area contributed by atoms with E-state index in [4.69, 9.17) is 0 Å². The highest BCUT2D eigenvalue weighted by Gasteiger charge is 2.09. The first-order valence-corrected chi connectivity index (χ1v) is 9.07. The minimum atomic E-state index is -0.150. The van der Waals surface area contributed by atoms with Gasteiger partial charge < -0.3 is 5.32 Å². The second-order valence-corrected chi connectivity index (χ2v) is 6.49. The lowest BCUT2D eigenvalue weighted by Gasteiger charge is -2.09. The molecule has 7 nitrogen and oxygen atoms in total. The van der Waals surface area contributed by atoms with Gasteiger partial charge in [-0.05, 0) is 42.3 Å². The van der Waals surface area contributed by atoms with E-state index < -0.39 is 0 Å². The van der Waals surface area contributed by atoms with E-state index in [1.807, 2.05) is 31.2 Å². The van der Waals surface area contributed by atoms with E-state index in [1.54, 1.807) is 49.4 Å². The molecular weight excluding hydrogens is 364 g/mol. The van der Waals surface area contributed by atoms with Crippen molar-refractivity contribution >= 4 is 11.7 Å². The summed E-state index contributed by atoms with van der Waals surface area (Å²) in [5.41, 5.74) is 5.30. The molecule has 0 aromatic carbocycles. The summed E-state index contributed by atoms with van der Waals surface area (Å²) in [6.45, 7) is 1.98. The van der Waals surface area contributed by atoms with Crippen LogP contribution in [-0.2, 0) is 11.2 Å². The van der Waals surface area contributed by atoms with Crippen LogP contribution in [0, 0.1) is 6.92 Å². The third-order valence-corrected chi connectivity index (χ3v) is 4.34. The fourth-order valence-electron chi connectivity index (χ4n) is 2.98. The summed E-state index contributed by atoms with van der Waals surface area (Å²) >= 11 is 0. The number of hydrogen-bond donors (Lipinski definition) is 1. The number of nitrogens with one attached hydrogen (secondary N) is 1. The molecule has 0 aliphatic rings. The Hall–Kier alpha value is -4.00. The third kappa shape index (κ3) is 4.47. The van der Waals surface area contributed by atoms with Crippen molar-refractivity contribution in [2.45, 2.75) is 13.3 Å². The Balaban J connectivity index is 1.41. The number of pyridine rings is 3. The Bertz CT molecular complexity index is 1120. The van der Waals surface area contributed by atoms with Gasteiger partial charge in [0, 0.05) is 48.3 Å². The minimum absolute atomic E-state index is 0.150. The molecule has 0 saturated heterocycles. The predicted molar refractivity (Wildman–Crippen MR) is 110 cm³/mol. The topological polar surface area (TPSA) is 93.6 Å². The molecule has 0 fully saturated rings. The first-order chi connectivity index (χ1) is 14.2. The van der Waals surface area contributed by atoms with E-state index in [-0.39, 0.29) is 12.3 Å². The van der Waals surface area contributed by atoms with E-state index in [2.05, 4.69) is 30.2 Å². The van der Waals surface area contributed by atoms with Gasteiger partial charge in [-0.3, -0.25) is 24.7 Å². The summed E-state index contributed by atoms with van der Waals surface area (Å²) in [5, 5.41) is 2.81. The number of carbonyl (C=O) groups excluding carboxylic acids is 1. The summed E-state index contributed by atoms with van der Waals surface area (Å²) in [4.78, 5) is 33.5. The summed E-state index contributed by atoms with van der Waals surface area (Å²) in [6, 6.07) is 9.41. The minimum Gasteiger partial charge on any atom is -0.310 e. The maximum absolute atomic E-state index is 12.4. The number of hydrogen-bond acceptors (Lipinski definition) is 6. The lowest BCUT2D eigenvalue weighted by atomic mass is 10.1. The van der Waals surface area contributed by atoms with Gasteiger partial charge in [0.25, 0.3) is 0 Å². The molecule has 0 saturated carbocycles. The number of aromatic nitrogens is 5. The van der Waals surface area contributed by atoms with E-state index in [1.165, 1.54) is 0 Å². The lowest BCUT2D eigenvalue weighted by molar-refractivity contribution is -0.115. The monoisotopic (exact) mass is 382 g/mol. The van der Waals surface area contributed by atoms with Gasteiger partial charge in [-0.2, -0.15) is 0 Å². The fraction of sp³-hybridized carbons (Fsp3) is 0.0909. The van der Waals surface area contributed by atoms with E-state index in [9.17, 15) is 4.79 Å². The molecule has 1 N–H and O–H groups in total. The van der Waals surface area contributed by atoms with Gasteiger partial charge in [-0.15, -0.1) is 0 Å². The van der Waals surface area contributed by atoms with Gasteiger partial charge in [0.05, 0.1) is 24.0 Å². The maximum atomic E-state index is 12.4. The average Bonchev–Trinajstić information content (AvgIpc) is 2.75. The van der Waals surface area contributed by atoms with E-state index in [0.29, 0.717) is 5.82 Å². The molecule has 4 aromatic heterocycles. The summed E-state index contributed by atoms with van der Waals surface area (Å²) in [5.74, 6) is 0.336. The molecule has 4 rings (SSSR count). The SMILES string of the molecule is Cc1cc(CC(=O)Nc2ccc(-c3cnccn3)cn2)cnc1-c1ccncc1. The number of amides is 1. The molecular formula is C22H18N6O. The highest BCUT2D eigenvalue weighted by Crippen LogP contribution is 2.21. The Morgan fingerprint density at radius 1 is 0.862 bits per heavy atom. The molecule has 0 unspecified atom stereocenters. The number of aryl methyl sites for hydroxylation is 1. The van der Waals surface area contributed by atoms with Gasteiger partial charge in [-0.1, -0.05) is 6.07 Å². The van der Waals surface area contributed by atoms with Gasteiger partial charge in [-0.25, -0.2) is 4.98 Å². The zero-order valence-corrected chi connectivity index (χ0v) is 15.8. The van der Waals surface area contributed by atoms with Crippen molar-refractivity contribution in [2.75, 3.05) is 5.32 Å². The van der Waals surface area contributed by atoms with Crippen molar-refractivity contribution in [3.63, 3.8) is 0 Å². The van der Waals surface area contributed by atoms with Crippen molar-refractivity contribution in [3.8, 4) is 22.5 Å². The zero-order valence-electron chi connectivity index (χ0n) is 15.8. The molecule has 4 aromatic rings. The maximum Gasteiger partial charge on any atom is 0.230 e. The van der Waals surface area contributed by atoms with Crippen LogP contribution < -0.4 is 5.32 Å². The normalized spacial score (nSPS) is 10.5. The fourth-order valence-corrected chi connectivity index (χ4v) is 2.98. The second kappa shape index (κ2) is 8.35. The van der Waals surface area contributed by atoms with Crippen molar-refractivity contribution < 1.29 is 4.79 Å².